The van der Waals surface area contributed by atoms with Gasteiger partial charge in [0.05, 0.1) is 5.92 Å². The molecule has 2 amide bonds. The molecule has 9 nitrogen and oxygen atoms in total. The molecular formula is C24H30N6O3S. The Labute approximate surface area is 202 Å². The number of fused-ring (bicyclic) bond motifs is 1. The fraction of sp³-hybridized carbons (Fsp3) is 0.458. The fourth-order valence-corrected chi connectivity index (χ4v) is 5.19. The SMILES string of the molecule is CCCNC(=O)C1CCCN(c2nc3ncn(CC(=O)Nc4c(C)cccc4C)c(=O)c3s2)C1. The lowest BCUT2D eigenvalue weighted by Crippen LogP contribution is -2.43. The zero-order valence-electron chi connectivity index (χ0n) is 19.8. The number of benzene rings is 1. The van der Waals surface area contributed by atoms with Crippen LogP contribution in [0.15, 0.2) is 29.3 Å². The highest BCUT2D eigenvalue weighted by Gasteiger charge is 2.28. The van der Waals surface area contributed by atoms with Crippen LogP contribution in [-0.2, 0) is 16.1 Å². The molecule has 1 aliphatic heterocycles. The number of amides is 2. The number of carbonyl (C=O) groups is 2. The van der Waals surface area contributed by atoms with Crippen molar-refractivity contribution in [2.75, 3.05) is 29.9 Å². The molecule has 1 fully saturated rings. The maximum absolute atomic E-state index is 13.1. The minimum absolute atomic E-state index is 0.0723. The number of anilines is 2. The molecule has 0 radical (unpaired) electrons. The van der Waals surface area contributed by atoms with Crippen molar-refractivity contribution in [3.8, 4) is 0 Å². The molecule has 1 aromatic carbocycles. The Kier molecular flexibility index (Phi) is 7.26. The van der Waals surface area contributed by atoms with Gasteiger partial charge in [-0.1, -0.05) is 36.5 Å². The summed E-state index contributed by atoms with van der Waals surface area (Å²) in [7, 11) is 0. The van der Waals surface area contributed by atoms with Crippen molar-refractivity contribution in [1.29, 1.82) is 0 Å². The van der Waals surface area contributed by atoms with E-state index >= 15 is 0 Å². The molecule has 180 valence electrons. The normalized spacial score (nSPS) is 16.0. The Morgan fingerprint density at radius 1 is 1.24 bits per heavy atom. The van der Waals surface area contributed by atoms with Crippen LogP contribution in [-0.4, -0.2) is 46.0 Å². The average Bonchev–Trinajstić information content (AvgIpc) is 3.27. The van der Waals surface area contributed by atoms with Crippen LogP contribution in [0.2, 0.25) is 0 Å². The lowest BCUT2D eigenvalue weighted by molar-refractivity contribution is -0.125. The van der Waals surface area contributed by atoms with E-state index in [2.05, 4.69) is 25.5 Å². The summed E-state index contributed by atoms with van der Waals surface area (Å²) in [5.41, 5.74) is 2.76. The second-order valence-corrected chi connectivity index (χ2v) is 9.70. The minimum atomic E-state index is -0.292. The van der Waals surface area contributed by atoms with Crippen LogP contribution in [0.4, 0.5) is 10.8 Å². The third kappa shape index (κ3) is 5.11. The molecule has 34 heavy (non-hydrogen) atoms. The topological polar surface area (TPSA) is 109 Å². The molecule has 2 aromatic heterocycles. The highest BCUT2D eigenvalue weighted by molar-refractivity contribution is 7.22. The Morgan fingerprint density at radius 2 is 2.00 bits per heavy atom. The van der Waals surface area contributed by atoms with Gasteiger partial charge in [-0.05, 0) is 44.2 Å². The van der Waals surface area contributed by atoms with Gasteiger partial charge >= 0.3 is 0 Å². The van der Waals surface area contributed by atoms with E-state index in [0.717, 1.165) is 42.6 Å². The number of nitrogens with zero attached hydrogens (tertiary/aromatic N) is 4. The number of carbonyl (C=O) groups excluding carboxylic acids is 2. The van der Waals surface area contributed by atoms with Crippen LogP contribution in [0, 0.1) is 19.8 Å². The van der Waals surface area contributed by atoms with E-state index in [4.69, 9.17) is 0 Å². The number of hydrogen-bond acceptors (Lipinski definition) is 7. The first-order chi connectivity index (χ1) is 16.4. The van der Waals surface area contributed by atoms with Crippen molar-refractivity contribution in [3.05, 3.63) is 46.0 Å². The molecule has 0 saturated carbocycles. The molecule has 4 rings (SSSR count). The quantitative estimate of drug-likeness (QED) is 0.536. The maximum Gasteiger partial charge on any atom is 0.273 e. The van der Waals surface area contributed by atoms with Gasteiger partial charge in [0.15, 0.2) is 10.8 Å². The van der Waals surface area contributed by atoms with Crippen molar-refractivity contribution in [2.45, 2.75) is 46.6 Å². The lowest BCUT2D eigenvalue weighted by atomic mass is 9.97. The predicted octanol–water partition coefficient (Wildman–Crippen LogP) is 2.85. The first-order valence-electron chi connectivity index (χ1n) is 11.6. The monoisotopic (exact) mass is 482 g/mol. The molecule has 3 aromatic rings. The smallest absolute Gasteiger partial charge is 0.273 e. The first-order valence-corrected chi connectivity index (χ1v) is 12.4. The van der Waals surface area contributed by atoms with Crippen LogP contribution in [0.25, 0.3) is 10.3 Å². The number of nitrogens with one attached hydrogen (secondary N) is 2. The predicted molar refractivity (Wildman–Crippen MR) is 134 cm³/mol. The van der Waals surface area contributed by atoms with E-state index in [1.807, 2.05) is 39.0 Å². The summed E-state index contributed by atoms with van der Waals surface area (Å²) in [6.07, 6.45) is 4.00. The summed E-state index contributed by atoms with van der Waals surface area (Å²) in [5, 5.41) is 6.56. The first kappa shape index (κ1) is 23.9. The minimum Gasteiger partial charge on any atom is -0.356 e. The molecule has 1 unspecified atom stereocenters. The highest BCUT2D eigenvalue weighted by atomic mass is 32.1. The molecule has 3 heterocycles. The Balaban J connectivity index is 1.50. The third-order valence-corrected chi connectivity index (χ3v) is 7.14. The summed E-state index contributed by atoms with van der Waals surface area (Å²) in [6.45, 7) is 7.79. The number of para-hydroxylation sites is 1. The number of aromatic nitrogens is 3. The van der Waals surface area contributed by atoms with Crippen LogP contribution in [0.1, 0.15) is 37.3 Å². The van der Waals surface area contributed by atoms with Gasteiger partial charge in [-0.3, -0.25) is 19.0 Å². The molecule has 0 aliphatic carbocycles. The zero-order chi connectivity index (χ0) is 24.2. The summed E-state index contributed by atoms with van der Waals surface area (Å²) in [6, 6.07) is 5.80. The van der Waals surface area contributed by atoms with Gasteiger partial charge in [-0.15, -0.1) is 0 Å². The van der Waals surface area contributed by atoms with Gasteiger partial charge in [0, 0.05) is 25.3 Å². The zero-order valence-corrected chi connectivity index (χ0v) is 20.6. The number of aryl methyl sites for hydroxylation is 2. The summed E-state index contributed by atoms with van der Waals surface area (Å²) >= 11 is 1.27. The van der Waals surface area contributed by atoms with Gasteiger partial charge in [-0.2, -0.15) is 4.98 Å². The van der Waals surface area contributed by atoms with Crippen molar-refractivity contribution in [3.63, 3.8) is 0 Å². The van der Waals surface area contributed by atoms with Gasteiger partial charge < -0.3 is 15.5 Å². The largest absolute Gasteiger partial charge is 0.356 e. The fourth-order valence-electron chi connectivity index (χ4n) is 4.19. The second kappa shape index (κ2) is 10.3. The number of thiazole rings is 1. The lowest BCUT2D eigenvalue weighted by Gasteiger charge is -2.31. The Morgan fingerprint density at radius 3 is 2.74 bits per heavy atom. The molecule has 1 atom stereocenters. The Bertz CT molecular complexity index is 1250. The van der Waals surface area contributed by atoms with Crippen LogP contribution in [0.3, 0.4) is 0 Å². The molecule has 1 aliphatic rings. The average molecular weight is 483 g/mol. The molecule has 0 spiro atoms. The Hall–Kier alpha value is -3.27. The van der Waals surface area contributed by atoms with E-state index < -0.39 is 0 Å². The van der Waals surface area contributed by atoms with E-state index in [0.29, 0.717) is 28.6 Å². The van der Waals surface area contributed by atoms with E-state index in [1.165, 1.54) is 22.2 Å². The standard InChI is InChI=1S/C24H30N6O3S/c1-4-10-25-22(32)17-9-6-11-29(12-17)24-28-21-20(34-24)23(33)30(14-26-21)13-18(31)27-19-15(2)7-5-8-16(19)3/h5,7-8,14,17H,4,6,9-13H2,1-3H3,(H,25,32)(H,27,31). The van der Waals surface area contributed by atoms with Crippen LogP contribution in [0.5, 0.6) is 0 Å². The third-order valence-electron chi connectivity index (χ3n) is 6.04. The number of rotatable bonds is 7. The summed E-state index contributed by atoms with van der Waals surface area (Å²) in [4.78, 5) is 49.1. The van der Waals surface area contributed by atoms with Gasteiger partial charge in [-0.25, -0.2) is 4.98 Å². The molecule has 1 saturated heterocycles. The highest BCUT2D eigenvalue weighted by Crippen LogP contribution is 2.29. The number of piperidine rings is 1. The van der Waals surface area contributed by atoms with E-state index in [9.17, 15) is 14.4 Å². The molecule has 2 N–H and O–H groups in total. The van der Waals surface area contributed by atoms with Gasteiger partial charge in [0.1, 0.15) is 17.6 Å². The van der Waals surface area contributed by atoms with E-state index in [-0.39, 0.29) is 29.8 Å². The van der Waals surface area contributed by atoms with Gasteiger partial charge in [0.25, 0.3) is 5.56 Å². The van der Waals surface area contributed by atoms with Crippen molar-refractivity contribution >= 4 is 44.3 Å². The van der Waals surface area contributed by atoms with E-state index in [1.54, 1.807) is 0 Å². The summed E-state index contributed by atoms with van der Waals surface area (Å²) in [5.74, 6) is -0.309. The van der Waals surface area contributed by atoms with Crippen molar-refractivity contribution in [2.24, 2.45) is 5.92 Å². The van der Waals surface area contributed by atoms with Crippen molar-refractivity contribution < 1.29 is 9.59 Å². The van der Waals surface area contributed by atoms with Gasteiger partial charge in [0.2, 0.25) is 11.8 Å². The molecule has 0 bridgehead atoms. The second-order valence-electron chi connectivity index (χ2n) is 8.72. The van der Waals surface area contributed by atoms with Crippen LogP contribution >= 0.6 is 11.3 Å². The van der Waals surface area contributed by atoms with Crippen molar-refractivity contribution in [1.82, 2.24) is 19.9 Å². The van der Waals surface area contributed by atoms with Crippen LogP contribution < -0.4 is 21.1 Å². The maximum atomic E-state index is 13.1. The number of hydrogen-bond donors (Lipinski definition) is 2. The molecule has 10 heteroatoms. The molecular weight excluding hydrogens is 452 g/mol. The summed E-state index contributed by atoms with van der Waals surface area (Å²) < 4.78 is 1.72.